The normalized spacial score (nSPS) is 14.6. The summed E-state index contributed by atoms with van der Waals surface area (Å²) in [6.45, 7) is 0.982. The molecule has 1 amide bonds. The van der Waals surface area contributed by atoms with E-state index >= 15 is 0 Å². The fourth-order valence-corrected chi connectivity index (χ4v) is 5.66. The van der Waals surface area contributed by atoms with Gasteiger partial charge in [-0.3, -0.25) is 4.79 Å². The maximum absolute atomic E-state index is 12.9. The molecule has 2 aromatic carbocycles. The number of carbonyl (C=O) groups excluding carboxylic acids is 1. The molecule has 33 heavy (non-hydrogen) atoms. The molecule has 1 N–H and O–H groups in total. The maximum atomic E-state index is 12.9. The molecule has 1 fully saturated rings. The van der Waals surface area contributed by atoms with Crippen LogP contribution < -0.4 is 5.32 Å². The largest absolute Gasteiger partial charge is 0.322 e. The van der Waals surface area contributed by atoms with E-state index in [1.54, 1.807) is 12.1 Å². The Hall–Kier alpha value is -3.20. The maximum Gasteiger partial charge on any atom is 0.257 e. The molecule has 5 rings (SSSR count). The Morgan fingerprint density at radius 2 is 1.76 bits per heavy atom. The second-order valence-electron chi connectivity index (χ2n) is 7.88. The molecule has 168 valence electrons. The van der Waals surface area contributed by atoms with Gasteiger partial charge in [-0.1, -0.05) is 29.8 Å². The highest BCUT2D eigenvalue weighted by atomic mass is 35.5. The van der Waals surface area contributed by atoms with Gasteiger partial charge in [0.25, 0.3) is 5.91 Å². The van der Waals surface area contributed by atoms with Crippen molar-refractivity contribution < 1.29 is 13.2 Å². The molecule has 0 unspecified atom stereocenters. The monoisotopic (exact) mass is 480 g/mol. The number of anilines is 1. The molecule has 1 aliphatic heterocycles. The zero-order valence-electron chi connectivity index (χ0n) is 17.6. The first-order chi connectivity index (χ1) is 15.9. The number of sulfonamides is 1. The topological polar surface area (TPSA) is 83.8 Å². The molecular weight excluding hydrogens is 460 g/mol. The SMILES string of the molecule is O=C(Nc1ccc(-c2cn3ccccc3n2)cc1)c1cc(S(=O)(=O)N2CCCC2)ccc1Cl. The lowest BCUT2D eigenvalue weighted by Gasteiger charge is -2.16. The molecule has 0 bridgehead atoms. The molecular formula is C24H21ClN4O3S. The van der Waals surface area contributed by atoms with E-state index in [1.807, 2.05) is 47.1 Å². The minimum atomic E-state index is -3.65. The summed E-state index contributed by atoms with van der Waals surface area (Å²) in [5.41, 5.74) is 3.26. The van der Waals surface area contributed by atoms with Gasteiger partial charge in [0.2, 0.25) is 10.0 Å². The van der Waals surface area contributed by atoms with Crippen molar-refractivity contribution in [2.24, 2.45) is 0 Å². The van der Waals surface area contributed by atoms with Crippen molar-refractivity contribution in [2.45, 2.75) is 17.7 Å². The average Bonchev–Trinajstić information content (AvgIpc) is 3.50. The van der Waals surface area contributed by atoms with Crippen molar-refractivity contribution in [3.8, 4) is 11.3 Å². The fourth-order valence-electron chi connectivity index (χ4n) is 3.91. The quantitative estimate of drug-likeness (QED) is 0.449. The van der Waals surface area contributed by atoms with Crippen molar-refractivity contribution >= 4 is 38.9 Å². The van der Waals surface area contributed by atoms with Gasteiger partial charge in [-0.15, -0.1) is 0 Å². The molecule has 1 aliphatic rings. The fraction of sp³-hybridized carbons (Fsp3) is 0.167. The number of fused-ring (bicyclic) bond motifs is 1. The number of amides is 1. The van der Waals surface area contributed by atoms with Crippen molar-refractivity contribution in [3.05, 3.63) is 83.6 Å². The van der Waals surface area contributed by atoms with E-state index < -0.39 is 15.9 Å². The first kappa shape index (κ1) is 21.6. The Morgan fingerprint density at radius 3 is 2.48 bits per heavy atom. The second-order valence-corrected chi connectivity index (χ2v) is 10.2. The third kappa shape index (κ3) is 4.25. The van der Waals surface area contributed by atoms with Gasteiger partial charge in [-0.25, -0.2) is 13.4 Å². The molecule has 2 aromatic heterocycles. The summed E-state index contributed by atoms with van der Waals surface area (Å²) < 4.78 is 29.1. The summed E-state index contributed by atoms with van der Waals surface area (Å²) in [7, 11) is -3.65. The van der Waals surface area contributed by atoms with Crippen LogP contribution in [0, 0.1) is 0 Å². The summed E-state index contributed by atoms with van der Waals surface area (Å²) in [5, 5.41) is 2.98. The van der Waals surface area contributed by atoms with Crippen molar-refractivity contribution in [1.82, 2.24) is 13.7 Å². The highest BCUT2D eigenvalue weighted by molar-refractivity contribution is 7.89. The zero-order valence-corrected chi connectivity index (χ0v) is 19.2. The number of benzene rings is 2. The zero-order chi connectivity index (χ0) is 23.0. The third-order valence-corrected chi connectivity index (χ3v) is 7.91. The Bertz CT molecular complexity index is 1410. The first-order valence-corrected chi connectivity index (χ1v) is 12.4. The molecule has 7 nitrogen and oxygen atoms in total. The molecule has 1 saturated heterocycles. The van der Waals surface area contributed by atoms with Crippen LogP contribution in [0.2, 0.25) is 5.02 Å². The summed E-state index contributed by atoms with van der Waals surface area (Å²) in [4.78, 5) is 17.6. The van der Waals surface area contributed by atoms with Crippen LogP contribution in [0.25, 0.3) is 16.9 Å². The predicted octanol–water partition coefficient (Wildman–Crippen LogP) is 4.69. The van der Waals surface area contributed by atoms with Gasteiger partial charge in [0.1, 0.15) is 5.65 Å². The average molecular weight is 481 g/mol. The van der Waals surface area contributed by atoms with E-state index in [-0.39, 0.29) is 15.5 Å². The standard InChI is InChI=1S/C24H21ClN4O3S/c25-21-11-10-19(33(31,32)29-13-3-4-14-29)15-20(21)24(30)26-18-8-6-17(7-9-18)22-16-28-12-2-1-5-23(28)27-22/h1-2,5-12,15-16H,3-4,13-14H2,(H,26,30). The Kier molecular flexibility index (Phi) is 5.65. The van der Waals surface area contributed by atoms with Gasteiger partial charge in [0.15, 0.2) is 0 Å². The van der Waals surface area contributed by atoms with Crippen molar-refractivity contribution in [3.63, 3.8) is 0 Å². The molecule has 0 spiro atoms. The van der Waals surface area contributed by atoms with Gasteiger partial charge in [0, 0.05) is 36.7 Å². The molecule has 4 aromatic rings. The molecule has 0 aliphatic carbocycles. The lowest BCUT2D eigenvalue weighted by Crippen LogP contribution is -2.28. The number of hydrogen-bond donors (Lipinski definition) is 1. The second kappa shape index (κ2) is 8.62. The van der Waals surface area contributed by atoms with E-state index in [9.17, 15) is 13.2 Å². The van der Waals surface area contributed by atoms with Crippen LogP contribution >= 0.6 is 11.6 Å². The highest BCUT2D eigenvalue weighted by Crippen LogP contribution is 2.27. The summed E-state index contributed by atoms with van der Waals surface area (Å²) in [5.74, 6) is -0.473. The number of halogens is 1. The van der Waals surface area contributed by atoms with E-state index in [4.69, 9.17) is 11.6 Å². The number of aromatic nitrogens is 2. The van der Waals surface area contributed by atoms with Gasteiger partial charge >= 0.3 is 0 Å². The molecule has 0 radical (unpaired) electrons. The van der Waals surface area contributed by atoms with Gasteiger partial charge in [-0.2, -0.15) is 4.31 Å². The van der Waals surface area contributed by atoms with E-state index in [0.29, 0.717) is 18.8 Å². The van der Waals surface area contributed by atoms with Gasteiger partial charge < -0.3 is 9.72 Å². The lowest BCUT2D eigenvalue weighted by molar-refractivity contribution is 0.102. The van der Waals surface area contributed by atoms with Gasteiger partial charge in [0.05, 0.1) is 21.2 Å². The van der Waals surface area contributed by atoms with Crippen LogP contribution in [0.5, 0.6) is 0 Å². The van der Waals surface area contributed by atoms with Crippen molar-refractivity contribution in [1.29, 1.82) is 0 Å². The summed E-state index contributed by atoms with van der Waals surface area (Å²) in [6, 6.07) is 17.3. The van der Waals surface area contributed by atoms with E-state index in [2.05, 4.69) is 10.3 Å². The summed E-state index contributed by atoms with van der Waals surface area (Å²) in [6.07, 6.45) is 5.55. The third-order valence-electron chi connectivity index (χ3n) is 5.69. The number of nitrogens with zero attached hydrogens (tertiary/aromatic N) is 3. The Morgan fingerprint density at radius 1 is 1.00 bits per heavy atom. The smallest absolute Gasteiger partial charge is 0.257 e. The minimum Gasteiger partial charge on any atom is -0.322 e. The van der Waals surface area contributed by atoms with Crippen LogP contribution in [-0.2, 0) is 10.0 Å². The van der Waals surface area contributed by atoms with E-state index in [0.717, 1.165) is 29.7 Å². The predicted molar refractivity (Wildman–Crippen MR) is 128 cm³/mol. The lowest BCUT2D eigenvalue weighted by atomic mass is 10.1. The van der Waals surface area contributed by atoms with Crippen LogP contribution in [-0.4, -0.2) is 41.1 Å². The van der Waals surface area contributed by atoms with Crippen LogP contribution in [0.4, 0.5) is 5.69 Å². The molecule has 9 heteroatoms. The van der Waals surface area contributed by atoms with Crippen molar-refractivity contribution in [2.75, 3.05) is 18.4 Å². The Balaban J connectivity index is 1.36. The molecule has 3 heterocycles. The van der Waals surface area contributed by atoms with Crippen LogP contribution in [0.15, 0.2) is 78.0 Å². The molecule has 0 saturated carbocycles. The summed E-state index contributed by atoms with van der Waals surface area (Å²) >= 11 is 6.23. The highest BCUT2D eigenvalue weighted by Gasteiger charge is 2.28. The van der Waals surface area contributed by atoms with Crippen LogP contribution in [0.1, 0.15) is 23.2 Å². The van der Waals surface area contributed by atoms with Gasteiger partial charge in [-0.05, 0) is 55.3 Å². The first-order valence-electron chi connectivity index (χ1n) is 10.6. The number of rotatable bonds is 5. The molecule has 0 atom stereocenters. The minimum absolute atomic E-state index is 0.0705. The number of pyridine rings is 1. The number of nitrogens with one attached hydrogen (secondary N) is 1. The number of carbonyl (C=O) groups is 1. The van der Waals surface area contributed by atoms with Crippen LogP contribution in [0.3, 0.4) is 0 Å². The number of imidazole rings is 1. The number of hydrogen-bond acceptors (Lipinski definition) is 4. The van der Waals surface area contributed by atoms with E-state index in [1.165, 1.54) is 22.5 Å². The Labute approximate surface area is 196 Å².